The first-order valence-electron chi connectivity index (χ1n) is 10.5. The van der Waals surface area contributed by atoms with Crippen LogP contribution >= 0.6 is 0 Å². The summed E-state index contributed by atoms with van der Waals surface area (Å²) in [5.41, 5.74) is 4.71. The fourth-order valence-electron chi connectivity index (χ4n) is 3.61. The molecule has 0 bridgehead atoms. The van der Waals surface area contributed by atoms with Crippen molar-refractivity contribution in [3.05, 3.63) is 131 Å². The molecular formula is C29H28F4. The number of hydrogen-bond acceptors (Lipinski definition) is 0. The summed E-state index contributed by atoms with van der Waals surface area (Å²) < 4.78 is 54.7. The Morgan fingerprint density at radius 1 is 0.758 bits per heavy atom. The molecule has 2 aromatic carbocycles. The van der Waals surface area contributed by atoms with Crippen molar-refractivity contribution in [2.45, 2.75) is 34.1 Å². The van der Waals surface area contributed by atoms with E-state index in [-0.39, 0.29) is 0 Å². The van der Waals surface area contributed by atoms with E-state index in [2.05, 4.69) is 13.2 Å². The quantitative estimate of drug-likeness (QED) is 0.277. The Hall–Kier alpha value is -3.40. The van der Waals surface area contributed by atoms with Crippen LogP contribution in [0.15, 0.2) is 85.0 Å². The normalized spacial score (nSPS) is 12.7. The molecule has 0 amide bonds. The summed E-state index contributed by atoms with van der Waals surface area (Å²) in [4.78, 5) is 0. The molecule has 172 valence electrons. The summed E-state index contributed by atoms with van der Waals surface area (Å²) >= 11 is 0. The van der Waals surface area contributed by atoms with Gasteiger partial charge >= 0.3 is 0 Å². The Bertz CT molecular complexity index is 1140. The maximum Gasteiger partial charge on any atom is 0.134 e. The third-order valence-electron chi connectivity index (χ3n) is 5.08. The van der Waals surface area contributed by atoms with Crippen molar-refractivity contribution >= 4 is 11.1 Å². The monoisotopic (exact) mass is 452 g/mol. The number of rotatable bonds is 8. The van der Waals surface area contributed by atoms with E-state index in [4.69, 9.17) is 0 Å². The highest BCUT2D eigenvalue weighted by Gasteiger charge is 2.10. The lowest BCUT2D eigenvalue weighted by molar-refractivity contribution is 0.578. The van der Waals surface area contributed by atoms with Crippen LogP contribution in [0.3, 0.4) is 0 Å². The third kappa shape index (κ3) is 7.31. The second kappa shape index (κ2) is 11.5. The van der Waals surface area contributed by atoms with Gasteiger partial charge in [0.05, 0.1) is 0 Å². The Labute approximate surface area is 193 Å². The minimum absolute atomic E-state index is 0.293. The Morgan fingerprint density at radius 2 is 1.27 bits per heavy atom. The molecule has 2 aromatic rings. The van der Waals surface area contributed by atoms with Gasteiger partial charge in [-0.1, -0.05) is 60.8 Å². The Balaban J connectivity index is 2.01. The average Bonchev–Trinajstić information content (AvgIpc) is 2.66. The lowest BCUT2D eigenvalue weighted by Gasteiger charge is -2.07. The summed E-state index contributed by atoms with van der Waals surface area (Å²) in [6.45, 7) is 14.9. The molecule has 0 saturated carbocycles. The smallest absolute Gasteiger partial charge is 0.134 e. The van der Waals surface area contributed by atoms with Gasteiger partial charge in [-0.2, -0.15) is 0 Å². The van der Waals surface area contributed by atoms with E-state index in [1.54, 1.807) is 45.1 Å². The summed E-state index contributed by atoms with van der Waals surface area (Å²) in [6, 6.07) is 4.31. The van der Waals surface area contributed by atoms with Gasteiger partial charge in [-0.15, -0.1) is 0 Å². The van der Waals surface area contributed by atoms with E-state index in [0.29, 0.717) is 39.8 Å². The summed E-state index contributed by atoms with van der Waals surface area (Å²) in [5.74, 6) is -2.43. The molecule has 0 radical (unpaired) electrons. The van der Waals surface area contributed by atoms with Crippen LogP contribution < -0.4 is 0 Å². The van der Waals surface area contributed by atoms with Crippen molar-refractivity contribution in [2.24, 2.45) is 0 Å². The molecule has 0 aliphatic carbocycles. The van der Waals surface area contributed by atoms with Crippen molar-refractivity contribution in [3.63, 3.8) is 0 Å². The van der Waals surface area contributed by atoms with Gasteiger partial charge in [0.15, 0.2) is 0 Å². The van der Waals surface area contributed by atoms with E-state index in [1.165, 1.54) is 12.1 Å². The van der Waals surface area contributed by atoms with Crippen molar-refractivity contribution in [1.82, 2.24) is 0 Å². The largest absolute Gasteiger partial charge is 0.207 e. The van der Waals surface area contributed by atoms with Crippen LogP contribution in [0.4, 0.5) is 17.6 Å². The molecule has 4 heteroatoms. The van der Waals surface area contributed by atoms with Crippen molar-refractivity contribution < 1.29 is 17.6 Å². The van der Waals surface area contributed by atoms with Crippen LogP contribution in [-0.2, 0) is 0 Å². The number of halogens is 4. The van der Waals surface area contributed by atoms with E-state index < -0.39 is 23.3 Å². The first kappa shape index (κ1) is 25.9. The third-order valence-corrected chi connectivity index (χ3v) is 5.08. The second-order valence-corrected chi connectivity index (χ2v) is 8.10. The molecule has 0 saturated heterocycles. The van der Waals surface area contributed by atoms with Crippen molar-refractivity contribution in [3.8, 4) is 0 Å². The molecule has 0 heterocycles. The Kier molecular flexibility index (Phi) is 8.98. The highest BCUT2D eigenvalue weighted by Crippen LogP contribution is 2.25. The first-order valence-corrected chi connectivity index (χ1v) is 10.5. The molecule has 0 spiro atoms. The molecule has 0 aliphatic heterocycles. The zero-order chi connectivity index (χ0) is 24.7. The number of allylic oxidation sites excluding steroid dienone is 10. The van der Waals surface area contributed by atoms with Crippen molar-refractivity contribution in [1.29, 1.82) is 0 Å². The number of aryl methyl sites for hydroxylation is 2. The van der Waals surface area contributed by atoms with Gasteiger partial charge in [0.2, 0.25) is 0 Å². The fraction of sp³-hybridized carbons (Fsp3) is 0.172. The van der Waals surface area contributed by atoms with Crippen LogP contribution in [0, 0.1) is 37.1 Å². The lowest BCUT2D eigenvalue weighted by Crippen LogP contribution is -1.93. The van der Waals surface area contributed by atoms with Crippen LogP contribution in [-0.4, -0.2) is 0 Å². The molecule has 0 nitrogen and oxygen atoms in total. The predicted octanol–water partition coefficient (Wildman–Crippen LogP) is 8.98. The zero-order valence-corrected chi connectivity index (χ0v) is 19.4. The minimum Gasteiger partial charge on any atom is -0.207 e. The highest BCUT2D eigenvalue weighted by atomic mass is 19.1. The molecule has 0 fully saturated rings. The molecule has 0 unspecified atom stereocenters. The SMILES string of the molecule is C=C(/C=C\C=C(/C)c1c(C)cc(F)cc1F)C/C(C)=C/C=C\C(=C)c1c(C)cc(F)cc1F. The van der Waals surface area contributed by atoms with Gasteiger partial charge in [-0.25, -0.2) is 17.6 Å². The van der Waals surface area contributed by atoms with Crippen molar-refractivity contribution in [2.75, 3.05) is 0 Å². The molecule has 0 aromatic heterocycles. The lowest BCUT2D eigenvalue weighted by atomic mass is 10.00. The molecule has 0 atom stereocenters. The number of hydrogen-bond donors (Lipinski definition) is 0. The standard InChI is InChI=1S/C29H28F4/c1-18(9-7-11-20(3)28-22(5)14-24(30)16-26(28)32)13-19(2)10-8-12-21(4)29-23(6)15-25(31)17-27(29)33/h7-12,14-17H,1,4,13H2,2-3,5-6H3/b9-7-,12-8-,19-10+,20-11+. The topological polar surface area (TPSA) is 0 Å². The van der Waals surface area contributed by atoms with Gasteiger partial charge < -0.3 is 0 Å². The molecule has 33 heavy (non-hydrogen) atoms. The van der Waals surface area contributed by atoms with E-state index >= 15 is 0 Å². The van der Waals surface area contributed by atoms with Crippen LogP contribution in [0.5, 0.6) is 0 Å². The maximum atomic E-state index is 14.1. The second-order valence-electron chi connectivity index (χ2n) is 8.10. The van der Waals surface area contributed by atoms with Crippen LogP contribution in [0.1, 0.15) is 42.5 Å². The zero-order valence-electron chi connectivity index (χ0n) is 19.4. The Morgan fingerprint density at radius 3 is 1.82 bits per heavy atom. The van der Waals surface area contributed by atoms with E-state index in [0.717, 1.165) is 23.3 Å². The van der Waals surface area contributed by atoms with Gasteiger partial charge in [-0.3, -0.25) is 0 Å². The van der Waals surface area contributed by atoms with E-state index in [1.807, 2.05) is 19.1 Å². The van der Waals surface area contributed by atoms with E-state index in [9.17, 15) is 17.6 Å². The molecular weight excluding hydrogens is 424 g/mol. The first-order chi connectivity index (χ1) is 15.5. The summed E-state index contributed by atoms with van der Waals surface area (Å²) in [5, 5.41) is 0. The number of benzene rings is 2. The van der Waals surface area contributed by atoms with Gasteiger partial charge in [-0.05, 0) is 68.5 Å². The van der Waals surface area contributed by atoms with Crippen LogP contribution in [0.2, 0.25) is 0 Å². The highest BCUT2D eigenvalue weighted by molar-refractivity contribution is 5.74. The van der Waals surface area contributed by atoms with Crippen LogP contribution in [0.25, 0.3) is 11.1 Å². The molecule has 2 rings (SSSR count). The summed E-state index contributed by atoms with van der Waals surface area (Å²) in [7, 11) is 0. The predicted molar refractivity (Wildman–Crippen MR) is 131 cm³/mol. The minimum atomic E-state index is -0.638. The molecule has 0 aliphatic rings. The summed E-state index contributed by atoms with van der Waals surface area (Å²) in [6.07, 6.45) is 11.3. The maximum absolute atomic E-state index is 14.1. The molecule has 0 N–H and O–H groups in total. The van der Waals surface area contributed by atoms with Gasteiger partial charge in [0.25, 0.3) is 0 Å². The fourth-order valence-corrected chi connectivity index (χ4v) is 3.61. The van der Waals surface area contributed by atoms with Gasteiger partial charge in [0, 0.05) is 23.3 Å². The average molecular weight is 453 g/mol. The van der Waals surface area contributed by atoms with Gasteiger partial charge in [0.1, 0.15) is 23.3 Å².